The number of rotatable bonds is 7. The van der Waals surface area contributed by atoms with Crippen LogP contribution in [0.15, 0.2) is 18.2 Å². The Hall–Kier alpha value is -1.75. The molecule has 8 nitrogen and oxygen atoms in total. The number of anilines is 1. The van der Waals surface area contributed by atoms with E-state index >= 15 is 0 Å². The largest absolute Gasteiger partial charge is 0.494 e. The second-order valence-corrected chi connectivity index (χ2v) is 10.6. The second-order valence-electron chi connectivity index (χ2n) is 7.67. The SMILES string of the molecule is CCOc1ccc2nc(N(CC3CCCO3)C(=O)C3CCCN3S(C)(=O)=O)sc2c1. The molecule has 2 aliphatic rings. The topological polar surface area (TPSA) is 89.0 Å². The van der Waals surface area contributed by atoms with E-state index in [1.54, 1.807) is 4.90 Å². The van der Waals surface area contributed by atoms with E-state index in [2.05, 4.69) is 4.98 Å². The molecule has 164 valence electrons. The van der Waals surface area contributed by atoms with Gasteiger partial charge in [0, 0.05) is 13.2 Å². The highest BCUT2D eigenvalue weighted by Crippen LogP contribution is 2.34. The lowest BCUT2D eigenvalue weighted by atomic mass is 10.2. The molecular formula is C20H27N3O5S2. The summed E-state index contributed by atoms with van der Waals surface area (Å²) in [5.41, 5.74) is 0.787. The van der Waals surface area contributed by atoms with Gasteiger partial charge in [-0.25, -0.2) is 13.4 Å². The van der Waals surface area contributed by atoms with E-state index in [0.717, 1.165) is 35.1 Å². The van der Waals surface area contributed by atoms with Crippen molar-refractivity contribution >= 4 is 42.6 Å². The Balaban J connectivity index is 1.67. The van der Waals surface area contributed by atoms with Gasteiger partial charge in [0.2, 0.25) is 15.9 Å². The number of sulfonamides is 1. The van der Waals surface area contributed by atoms with E-state index in [1.165, 1.54) is 15.6 Å². The van der Waals surface area contributed by atoms with Crippen LogP contribution in [0.1, 0.15) is 32.6 Å². The van der Waals surface area contributed by atoms with Gasteiger partial charge in [-0.15, -0.1) is 0 Å². The summed E-state index contributed by atoms with van der Waals surface area (Å²) in [7, 11) is -3.46. The molecule has 30 heavy (non-hydrogen) atoms. The first kappa shape index (κ1) is 21.5. The van der Waals surface area contributed by atoms with Crippen LogP contribution in [0.5, 0.6) is 5.75 Å². The van der Waals surface area contributed by atoms with E-state index in [4.69, 9.17) is 9.47 Å². The average molecular weight is 454 g/mol. The van der Waals surface area contributed by atoms with E-state index < -0.39 is 16.1 Å². The quantitative estimate of drug-likeness (QED) is 0.640. The highest BCUT2D eigenvalue weighted by atomic mass is 32.2. The Morgan fingerprint density at radius 1 is 1.37 bits per heavy atom. The van der Waals surface area contributed by atoms with Crippen LogP contribution in [0.3, 0.4) is 0 Å². The molecule has 0 aliphatic carbocycles. The summed E-state index contributed by atoms with van der Waals surface area (Å²) < 4.78 is 38.0. The Morgan fingerprint density at radius 3 is 2.90 bits per heavy atom. The lowest BCUT2D eigenvalue weighted by molar-refractivity contribution is -0.122. The zero-order valence-corrected chi connectivity index (χ0v) is 18.9. The maximum absolute atomic E-state index is 13.5. The minimum Gasteiger partial charge on any atom is -0.494 e. The highest BCUT2D eigenvalue weighted by molar-refractivity contribution is 7.88. The molecule has 0 saturated carbocycles. The van der Waals surface area contributed by atoms with Crippen molar-refractivity contribution in [3.63, 3.8) is 0 Å². The Labute approximate surface area is 180 Å². The summed E-state index contributed by atoms with van der Waals surface area (Å²) in [6.07, 6.45) is 4.14. The van der Waals surface area contributed by atoms with Gasteiger partial charge >= 0.3 is 0 Å². The number of nitrogens with zero attached hydrogens (tertiary/aromatic N) is 3. The zero-order valence-electron chi connectivity index (χ0n) is 17.2. The van der Waals surface area contributed by atoms with Gasteiger partial charge in [-0.05, 0) is 50.8 Å². The molecule has 0 bridgehead atoms. The number of thiazole rings is 1. The van der Waals surface area contributed by atoms with Crippen LogP contribution >= 0.6 is 11.3 Å². The third-order valence-electron chi connectivity index (χ3n) is 5.48. The molecule has 3 heterocycles. The summed E-state index contributed by atoms with van der Waals surface area (Å²) in [5.74, 6) is 0.536. The van der Waals surface area contributed by atoms with Gasteiger partial charge in [0.1, 0.15) is 11.8 Å². The maximum atomic E-state index is 13.5. The predicted molar refractivity (Wildman–Crippen MR) is 117 cm³/mol. The van der Waals surface area contributed by atoms with Gasteiger partial charge in [-0.3, -0.25) is 9.69 Å². The number of aromatic nitrogens is 1. The van der Waals surface area contributed by atoms with E-state index in [-0.39, 0.29) is 12.0 Å². The first-order valence-electron chi connectivity index (χ1n) is 10.3. The lowest BCUT2D eigenvalue weighted by Crippen LogP contribution is -2.49. The molecule has 2 saturated heterocycles. The molecule has 1 aromatic heterocycles. The Morgan fingerprint density at radius 2 is 2.20 bits per heavy atom. The standard InChI is InChI=1S/C20H27N3O5S2/c1-3-27-14-8-9-16-18(12-14)29-20(21-16)22(13-15-6-5-11-28-15)19(24)17-7-4-10-23(17)30(2,25)26/h8-9,12,15,17H,3-7,10-11,13H2,1-2H3. The van der Waals surface area contributed by atoms with Crippen LogP contribution < -0.4 is 9.64 Å². The molecule has 0 N–H and O–H groups in total. The van der Waals surface area contributed by atoms with Gasteiger partial charge in [0.25, 0.3) is 0 Å². The second kappa shape index (κ2) is 8.78. The van der Waals surface area contributed by atoms with Crippen molar-refractivity contribution in [2.75, 3.05) is 37.5 Å². The van der Waals surface area contributed by atoms with Crippen LogP contribution in [-0.4, -0.2) is 68.3 Å². The normalized spacial score (nSPS) is 22.6. The summed E-state index contributed by atoms with van der Waals surface area (Å²) in [4.78, 5) is 19.9. The zero-order chi connectivity index (χ0) is 21.3. The summed E-state index contributed by atoms with van der Waals surface area (Å²) >= 11 is 1.42. The summed E-state index contributed by atoms with van der Waals surface area (Å²) in [6.45, 7) is 3.94. The molecule has 1 aromatic carbocycles. The molecule has 4 rings (SSSR count). The molecule has 10 heteroatoms. The van der Waals surface area contributed by atoms with E-state index in [1.807, 2.05) is 25.1 Å². The fraction of sp³-hybridized carbons (Fsp3) is 0.600. The third kappa shape index (κ3) is 4.46. The van der Waals surface area contributed by atoms with Crippen molar-refractivity contribution in [3.05, 3.63) is 18.2 Å². The molecule has 2 unspecified atom stereocenters. The van der Waals surface area contributed by atoms with Gasteiger partial charge < -0.3 is 9.47 Å². The maximum Gasteiger partial charge on any atom is 0.247 e. The van der Waals surface area contributed by atoms with E-state index in [0.29, 0.717) is 44.3 Å². The van der Waals surface area contributed by atoms with Crippen molar-refractivity contribution in [1.82, 2.24) is 9.29 Å². The van der Waals surface area contributed by atoms with Gasteiger partial charge in [-0.2, -0.15) is 4.31 Å². The number of hydrogen-bond donors (Lipinski definition) is 0. The number of ether oxygens (including phenoxy) is 2. The monoisotopic (exact) mass is 453 g/mol. The van der Waals surface area contributed by atoms with Crippen molar-refractivity contribution in [2.24, 2.45) is 0 Å². The smallest absolute Gasteiger partial charge is 0.247 e. The minimum atomic E-state index is -3.46. The van der Waals surface area contributed by atoms with Crippen LogP contribution in [0, 0.1) is 0 Å². The number of hydrogen-bond acceptors (Lipinski definition) is 7. The molecule has 2 fully saturated rings. The van der Waals surface area contributed by atoms with Crippen LogP contribution in [-0.2, 0) is 19.6 Å². The van der Waals surface area contributed by atoms with Gasteiger partial charge in [0.15, 0.2) is 5.13 Å². The number of carbonyl (C=O) groups excluding carboxylic acids is 1. The van der Waals surface area contributed by atoms with Gasteiger partial charge in [-0.1, -0.05) is 11.3 Å². The Kier molecular flexibility index (Phi) is 6.29. The summed E-state index contributed by atoms with van der Waals surface area (Å²) in [5, 5.41) is 0.569. The minimum absolute atomic E-state index is 0.0620. The number of carbonyl (C=O) groups is 1. The van der Waals surface area contributed by atoms with Crippen LogP contribution in [0.4, 0.5) is 5.13 Å². The van der Waals surface area contributed by atoms with Crippen LogP contribution in [0.25, 0.3) is 10.2 Å². The first-order valence-corrected chi connectivity index (χ1v) is 13.0. The lowest BCUT2D eigenvalue weighted by Gasteiger charge is -2.29. The third-order valence-corrected chi connectivity index (χ3v) is 7.81. The van der Waals surface area contributed by atoms with Crippen molar-refractivity contribution < 1.29 is 22.7 Å². The van der Waals surface area contributed by atoms with Crippen molar-refractivity contribution in [2.45, 2.75) is 44.8 Å². The molecular weight excluding hydrogens is 426 g/mol. The number of fused-ring (bicyclic) bond motifs is 1. The van der Waals surface area contributed by atoms with Gasteiger partial charge in [0.05, 0.1) is 35.7 Å². The first-order chi connectivity index (χ1) is 14.4. The van der Waals surface area contributed by atoms with Crippen LogP contribution in [0.2, 0.25) is 0 Å². The summed E-state index contributed by atoms with van der Waals surface area (Å²) in [6, 6.07) is 4.98. The molecule has 2 aromatic rings. The molecule has 2 atom stereocenters. The fourth-order valence-electron chi connectivity index (χ4n) is 4.08. The van der Waals surface area contributed by atoms with Crippen molar-refractivity contribution in [3.8, 4) is 5.75 Å². The predicted octanol–water partition coefficient (Wildman–Crippen LogP) is 2.63. The highest BCUT2D eigenvalue weighted by Gasteiger charge is 2.40. The molecule has 0 spiro atoms. The fourth-order valence-corrected chi connectivity index (χ4v) is 6.21. The molecule has 2 aliphatic heterocycles. The number of benzene rings is 1. The average Bonchev–Trinajstić information content (AvgIpc) is 3.44. The number of amides is 1. The Bertz CT molecular complexity index is 1020. The molecule has 1 amide bonds. The van der Waals surface area contributed by atoms with E-state index in [9.17, 15) is 13.2 Å². The molecule has 0 radical (unpaired) electrons. The van der Waals surface area contributed by atoms with Crippen molar-refractivity contribution in [1.29, 1.82) is 0 Å².